The van der Waals surface area contributed by atoms with Crippen LogP contribution < -0.4 is 5.56 Å². The summed E-state index contributed by atoms with van der Waals surface area (Å²) in [6, 6.07) is 17.8. The lowest BCUT2D eigenvalue weighted by Gasteiger charge is -2.36. The Balaban J connectivity index is 1.39. The number of piperazine rings is 1. The van der Waals surface area contributed by atoms with Crippen LogP contribution in [0.1, 0.15) is 30.6 Å². The van der Waals surface area contributed by atoms with Gasteiger partial charge in [0.25, 0.3) is 5.56 Å². The van der Waals surface area contributed by atoms with Crippen molar-refractivity contribution >= 4 is 37.4 Å². The smallest absolute Gasteiger partial charge is 0.276 e. The fourth-order valence-electron chi connectivity index (χ4n) is 4.72. The molecule has 1 atom stereocenters. The Morgan fingerprint density at radius 2 is 1.73 bits per heavy atom. The van der Waals surface area contributed by atoms with E-state index in [1.54, 1.807) is 11.3 Å². The number of thiophene rings is 1. The summed E-state index contributed by atoms with van der Waals surface area (Å²) in [7, 11) is 0. The molecule has 3 heterocycles. The quantitative estimate of drug-likeness (QED) is 0.448. The maximum absolute atomic E-state index is 13.5. The van der Waals surface area contributed by atoms with Gasteiger partial charge < -0.3 is 4.90 Å². The highest BCUT2D eigenvalue weighted by atomic mass is 32.1. The summed E-state index contributed by atoms with van der Waals surface area (Å²) in [4.78, 5) is 31.3. The summed E-state index contributed by atoms with van der Waals surface area (Å²) in [6.45, 7) is 7.75. The summed E-state index contributed by atoms with van der Waals surface area (Å²) in [5.41, 5.74) is 1.91. The molecule has 6 nitrogen and oxygen atoms in total. The molecule has 7 heteroatoms. The Morgan fingerprint density at radius 1 is 1.03 bits per heavy atom. The lowest BCUT2D eigenvalue weighted by molar-refractivity contribution is -0.137. The Labute approximate surface area is 197 Å². The number of aryl methyl sites for hydroxylation is 1. The minimum atomic E-state index is -0.583. The SMILES string of the molecule is CC[C@H](C(=O)N1CCN(Cc2ccccc2)CC1)n1nc(C)c2sc3ccccc3c2c1=O. The fourth-order valence-corrected chi connectivity index (χ4v) is 5.86. The van der Waals surface area contributed by atoms with Crippen LogP contribution in [0.15, 0.2) is 59.4 Å². The largest absolute Gasteiger partial charge is 0.338 e. The number of carbonyl (C=O) groups is 1. The number of benzene rings is 2. The number of amides is 1. The number of rotatable bonds is 5. The first-order valence-electron chi connectivity index (χ1n) is 11.5. The van der Waals surface area contributed by atoms with E-state index in [2.05, 4.69) is 34.3 Å². The predicted octanol–water partition coefficient (Wildman–Crippen LogP) is 4.22. The first kappa shape index (κ1) is 21.8. The summed E-state index contributed by atoms with van der Waals surface area (Å²) in [6.07, 6.45) is 0.531. The van der Waals surface area contributed by atoms with E-state index in [4.69, 9.17) is 0 Å². The molecule has 0 unspecified atom stereocenters. The molecule has 1 aliphatic heterocycles. The van der Waals surface area contributed by atoms with Crippen molar-refractivity contribution < 1.29 is 4.79 Å². The van der Waals surface area contributed by atoms with E-state index < -0.39 is 6.04 Å². The Bertz CT molecular complexity index is 1350. The highest BCUT2D eigenvalue weighted by Crippen LogP contribution is 2.33. The van der Waals surface area contributed by atoms with Gasteiger partial charge in [-0.25, -0.2) is 4.68 Å². The van der Waals surface area contributed by atoms with Gasteiger partial charge in [0.15, 0.2) is 0 Å². The van der Waals surface area contributed by atoms with E-state index in [1.165, 1.54) is 10.2 Å². The second-order valence-corrected chi connectivity index (χ2v) is 9.70. The molecule has 0 radical (unpaired) electrons. The van der Waals surface area contributed by atoms with Gasteiger partial charge in [0, 0.05) is 42.8 Å². The van der Waals surface area contributed by atoms with Crippen LogP contribution >= 0.6 is 11.3 Å². The van der Waals surface area contributed by atoms with Crippen LogP contribution in [0.25, 0.3) is 20.2 Å². The van der Waals surface area contributed by atoms with Crippen molar-refractivity contribution in [1.29, 1.82) is 0 Å². The molecule has 4 aromatic rings. The average Bonchev–Trinajstić information content (AvgIpc) is 3.24. The molecule has 170 valence electrons. The maximum Gasteiger partial charge on any atom is 0.276 e. The molecule has 0 spiro atoms. The van der Waals surface area contributed by atoms with Gasteiger partial charge in [0.05, 0.1) is 15.8 Å². The minimum Gasteiger partial charge on any atom is -0.338 e. The summed E-state index contributed by atoms with van der Waals surface area (Å²) < 4.78 is 3.42. The third-order valence-corrected chi connectivity index (χ3v) is 7.78. The zero-order valence-corrected chi connectivity index (χ0v) is 19.8. The Morgan fingerprint density at radius 3 is 2.45 bits per heavy atom. The first-order valence-corrected chi connectivity index (χ1v) is 12.3. The van der Waals surface area contributed by atoms with Crippen LogP contribution in [0.4, 0.5) is 0 Å². The van der Waals surface area contributed by atoms with Gasteiger partial charge in [0.2, 0.25) is 5.91 Å². The molecule has 1 amide bonds. The molecule has 2 aromatic heterocycles. The third-order valence-electron chi connectivity index (χ3n) is 6.50. The van der Waals surface area contributed by atoms with Crippen LogP contribution in [0.2, 0.25) is 0 Å². The normalized spacial score (nSPS) is 15.9. The van der Waals surface area contributed by atoms with Gasteiger partial charge in [-0.3, -0.25) is 14.5 Å². The third kappa shape index (κ3) is 4.07. The lowest BCUT2D eigenvalue weighted by Crippen LogP contribution is -2.51. The summed E-state index contributed by atoms with van der Waals surface area (Å²) >= 11 is 1.59. The molecular weight excluding hydrogens is 432 g/mol. The molecule has 0 aliphatic carbocycles. The zero-order chi connectivity index (χ0) is 22.9. The Hall–Kier alpha value is -3.03. The highest BCUT2D eigenvalue weighted by Gasteiger charge is 2.30. The van der Waals surface area contributed by atoms with Crippen LogP contribution in [0, 0.1) is 6.92 Å². The second kappa shape index (κ2) is 9.08. The second-order valence-electron chi connectivity index (χ2n) is 8.65. The van der Waals surface area contributed by atoms with Crippen molar-refractivity contribution in [3.05, 3.63) is 76.2 Å². The number of nitrogens with zero attached hydrogens (tertiary/aromatic N) is 4. The van der Waals surface area contributed by atoms with Crippen molar-refractivity contribution in [3.63, 3.8) is 0 Å². The zero-order valence-electron chi connectivity index (χ0n) is 19.0. The number of hydrogen-bond donors (Lipinski definition) is 0. The monoisotopic (exact) mass is 460 g/mol. The van der Waals surface area contributed by atoms with Gasteiger partial charge >= 0.3 is 0 Å². The molecular formula is C26H28N4O2S. The molecule has 33 heavy (non-hydrogen) atoms. The van der Waals surface area contributed by atoms with Crippen molar-refractivity contribution in [2.75, 3.05) is 26.2 Å². The van der Waals surface area contributed by atoms with Crippen LogP contribution in [-0.4, -0.2) is 51.7 Å². The van der Waals surface area contributed by atoms with Gasteiger partial charge in [-0.1, -0.05) is 55.5 Å². The Kier molecular flexibility index (Phi) is 6.00. The minimum absolute atomic E-state index is 0.00949. The van der Waals surface area contributed by atoms with Gasteiger partial charge in [-0.2, -0.15) is 5.10 Å². The van der Waals surface area contributed by atoms with Crippen molar-refractivity contribution in [3.8, 4) is 0 Å². The van der Waals surface area contributed by atoms with Gasteiger partial charge in [0.1, 0.15) is 6.04 Å². The van der Waals surface area contributed by atoms with Crippen molar-refractivity contribution in [2.24, 2.45) is 0 Å². The van der Waals surface area contributed by atoms with Crippen LogP contribution in [-0.2, 0) is 11.3 Å². The number of aromatic nitrogens is 2. The molecule has 1 fully saturated rings. The number of fused-ring (bicyclic) bond motifs is 3. The summed E-state index contributed by atoms with van der Waals surface area (Å²) in [5, 5.41) is 6.24. The molecule has 1 aliphatic rings. The maximum atomic E-state index is 13.5. The number of carbonyl (C=O) groups excluding carboxylic acids is 1. The van der Waals surface area contributed by atoms with E-state index in [0.29, 0.717) is 24.9 Å². The molecule has 5 rings (SSSR count). The first-order chi connectivity index (χ1) is 16.1. The van der Waals surface area contributed by atoms with E-state index in [9.17, 15) is 9.59 Å². The highest BCUT2D eigenvalue weighted by molar-refractivity contribution is 7.26. The lowest BCUT2D eigenvalue weighted by atomic mass is 10.1. The molecule has 0 N–H and O–H groups in total. The summed E-state index contributed by atoms with van der Waals surface area (Å²) in [5.74, 6) is -0.00949. The molecule has 0 saturated carbocycles. The van der Waals surface area contributed by atoms with Crippen LogP contribution in [0.5, 0.6) is 0 Å². The van der Waals surface area contributed by atoms with Crippen molar-refractivity contribution in [1.82, 2.24) is 19.6 Å². The van der Waals surface area contributed by atoms with Crippen molar-refractivity contribution in [2.45, 2.75) is 32.9 Å². The van der Waals surface area contributed by atoms with Crippen LogP contribution in [0.3, 0.4) is 0 Å². The standard InChI is InChI=1S/C26H28N4O2S/c1-3-21(25(31)29-15-13-28(14-16-29)17-19-9-5-4-6-10-19)30-26(32)23-20-11-7-8-12-22(20)33-24(23)18(2)27-30/h4-12,21H,3,13-17H2,1-2H3/t21-/m1/s1. The molecule has 0 bridgehead atoms. The predicted molar refractivity (Wildman–Crippen MR) is 134 cm³/mol. The number of hydrogen-bond acceptors (Lipinski definition) is 5. The van der Waals surface area contributed by atoms with E-state index in [-0.39, 0.29) is 11.5 Å². The average molecular weight is 461 g/mol. The topological polar surface area (TPSA) is 58.4 Å². The van der Waals surface area contributed by atoms with Gasteiger partial charge in [-0.05, 0) is 25.0 Å². The van der Waals surface area contributed by atoms with E-state index in [0.717, 1.165) is 40.1 Å². The fraction of sp³-hybridized carbons (Fsp3) is 0.346. The van der Waals surface area contributed by atoms with E-state index >= 15 is 0 Å². The molecule has 1 saturated heterocycles. The van der Waals surface area contributed by atoms with E-state index in [1.807, 2.05) is 49.1 Å². The molecule has 2 aromatic carbocycles. The van der Waals surface area contributed by atoms with Gasteiger partial charge in [-0.15, -0.1) is 11.3 Å².